The number of morpholine rings is 1. The summed E-state index contributed by atoms with van der Waals surface area (Å²) in [5.74, 6) is 0.421. The Bertz CT molecular complexity index is 634. The van der Waals surface area contributed by atoms with Crippen molar-refractivity contribution in [2.45, 2.75) is 26.1 Å². The fourth-order valence-electron chi connectivity index (χ4n) is 2.58. The summed E-state index contributed by atoms with van der Waals surface area (Å²) in [5, 5.41) is 10.4. The molecule has 2 aromatic rings. The minimum Gasteiger partial charge on any atom is -0.423 e. The summed E-state index contributed by atoms with van der Waals surface area (Å²) in [6.07, 6.45) is 1.36. The van der Waals surface area contributed by atoms with Crippen LogP contribution in [0.25, 0.3) is 11.5 Å². The molecular formula is C15H18N4O3. The third-order valence-electron chi connectivity index (χ3n) is 3.43. The highest BCUT2D eigenvalue weighted by molar-refractivity contribution is 5.90. The van der Waals surface area contributed by atoms with Gasteiger partial charge in [0.05, 0.1) is 12.2 Å². The lowest BCUT2D eigenvalue weighted by molar-refractivity contribution is -0.0530. The van der Waals surface area contributed by atoms with Crippen LogP contribution in [0.15, 0.2) is 35.1 Å². The number of carbonyl (C=O) groups excluding carboxylic acids is 1. The van der Waals surface area contributed by atoms with E-state index in [4.69, 9.17) is 9.15 Å². The van der Waals surface area contributed by atoms with Crippen molar-refractivity contribution in [3.05, 3.63) is 30.7 Å². The summed E-state index contributed by atoms with van der Waals surface area (Å²) in [7, 11) is 0. The maximum atomic E-state index is 12.4. The van der Waals surface area contributed by atoms with Gasteiger partial charge in [-0.05, 0) is 32.0 Å². The number of benzene rings is 1. The molecular weight excluding hydrogens is 284 g/mol. The van der Waals surface area contributed by atoms with Crippen LogP contribution in [0.4, 0.5) is 10.5 Å². The lowest BCUT2D eigenvalue weighted by Gasteiger charge is -2.35. The molecule has 116 valence electrons. The lowest BCUT2D eigenvalue weighted by atomic mass is 10.2. The Morgan fingerprint density at radius 3 is 2.77 bits per heavy atom. The first-order valence-electron chi connectivity index (χ1n) is 7.20. The van der Waals surface area contributed by atoms with Crippen molar-refractivity contribution >= 4 is 11.7 Å². The van der Waals surface area contributed by atoms with E-state index in [9.17, 15) is 4.79 Å². The fraction of sp³-hybridized carbons (Fsp3) is 0.400. The Morgan fingerprint density at radius 2 is 2.09 bits per heavy atom. The van der Waals surface area contributed by atoms with Crippen molar-refractivity contribution in [2.24, 2.45) is 0 Å². The van der Waals surface area contributed by atoms with Gasteiger partial charge in [0, 0.05) is 24.3 Å². The van der Waals surface area contributed by atoms with Crippen LogP contribution in [-0.2, 0) is 4.74 Å². The smallest absolute Gasteiger partial charge is 0.322 e. The zero-order chi connectivity index (χ0) is 15.5. The first kappa shape index (κ1) is 14.5. The average Bonchev–Trinajstić information content (AvgIpc) is 3.00. The first-order chi connectivity index (χ1) is 10.6. The van der Waals surface area contributed by atoms with Crippen LogP contribution in [0.3, 0.4) is 0 Å². The van der Waals surface area contributed by atoms with Gasteiger partial charge in [-0.2, -0.15) is 0 Å². The minimum atomic E-state index is -0.135. The van der Waals surface area contributed by atoms with E-state index >= 15 is 0 Å². The van der Waals surface area contributed by atoms with Gasteiger partial charge in [0.15, 0.2) is 0 Å². The number of hydrogen-bond acceptors (Lipinski definition) is 5. The average molecular weight is 302 g/mol. The van der Waals surface area contributed by atoms with Gasteiger partial charge in [-0.25, -0.2) is 4.79 Å². The highest BCUT2D eigenvalue weighted by Crippen LogP contribution is 2.21. The van der Waals surface area contributed by atoms with Gasteiger partial charge < -0.3 is 19.4 Å². The molecule has 2 heterocycles. The van der Waals surface area contributed by atoms with Gasteiger partial charge in [0.25, 0.3) is 0 Å². The molecule has 22 heavy (non-hydrogen) atoms. The Balaban J connectivity index is 1.70. The van der Waals surface area contributed by atoms with Gasteiger partial charge in [-0.15, -0.1) is 10.2 Å². The summed E-state index contributed by atoms with van der Waals surface area (Å²) >= 11 is 0. The summed E-state index contributed by atoms with van der Waals surface area (Å²) in [6, 6.07) is 7.18. The van der Waals surface area contributed by atoms with Gasteiger partial charge >= 0.3 is 6.03 Å². The minimum absolute atomic E-state index is 0.0410. The second-order valence-corrected chi connectivity index (χ2v) is 5.42. The van der Waals surface area contributed by atoms with Crippen molar-refractivity contribution in [1.82, 2.24) is 15.1 Å². The zero-order valence-corrected chi connectivity index (χ0v) is 12.5. The van der Waals surface area contributed by atoms with Gasteiger partial charge in [0.1, 0.15) is 0 Å². The molecule has 2 unspecified atom stereocenters. The van der Waals surface area contributed by atoms with Gasteiger partial charge in [0.2, 0.25) is 12.3 Å². The lowest BCUT2D eigenvalue weighted by Crippen LogP contribution is -2.49. The van der Waals surface area contributed by atoms with E-state index in [1.807, 2.05) is 32.0 Å². The number of anilines is 1. The normalized spacial score (nSPS) is 21.6. The molecule has 1 saturated heterocycles. The highest BCUT2D eigenvalue weighted by Gasteiger charge is 2.25. The summed E-state index contributed by atoms with van der Waals surface area (Å²) in [5.41, 5.74) is 1.45. The Labute approximate surface area is 128 Å². The van der Waals surface area contributed by atoms with E-state index in [1.165, 1.54) is 6.39 Å². The zero-order valence-electron chi connectivity index (χ0n) is 12.5. The van der Waals surface area contributed by atoms with Crippen molar-refractivity contribution in [3.63, 3.8) is 0 Å². The SMILES string of the molecule is CC1CN(C(=O)Nc2cccc(-c3nnco3)c2)CC(C)O1. The molecule has 7 heteroatoms. The molecule has 2 atom stereocenters. The molecule has 2 amide bonds. The van der Waals surface area contributed by atoms with Crippen LogP contribution in [-0.4, -0.2) is 46.4 Å². The largest absolute Gasteiger partial charge is 0.423 e. The van der Waals surface area contributed by atoms with E-state index in [2.05, 4.69) is 15.5 Å². The van der Waals surface area contributed by atoms with Crippen LogP contribution >= 0.6 is 0 Å². The Morgan fingerprint density at radius 1 is 1.32 bits per heavy atom. The predicted molar refractivity (Wildman–Crippen MR) is 80.3 cm³/mol. The molecule has 3 rings (SSSR count). The third-order valence-corrected chi connectivity index (χ3v) is 3.43. The molecule has 1 aromatic carbocycles. The van der Waals surface area contributed by atoms with E-state index in [1.54, 1.807) is 11.0 Å². The number of aromatic nitrogens is 2. The van der Waals surface area contributed by atoms with Crippen LogP contribution in [0.5, 0.6) is 0 Å². The van der Waals surface area contributed by atoms with Crippen molar-refractivity contribution < 1.29 is 13.9 Å². The molecule has 7 nitrogen and oxygen atoms in total. The molecule has 1 aliphatic rings. The third kappa shape index (κ3) is 3.25. The van der Waals surface area contributed by atoms with E-state index < -0.39 is 0 Å². The van der Waals surface area contributed by atoms with E-state index in [0.717, 1.165) is 5.56 Å². The van der Waals surface area contributed by atoms with Gasteiger partial charge in [-0.3, -0.25) is 0 Å². The Kier molecular flexibility index (Phi) is 4.06. The number of ether oxygens (including phenoxy) is 1. The van der Waals surface area contributed by atoms with Crippen LogP contribution in [0, 0.1) is 0 Å². The Hall–Kier alpha value is -2.41. The number of carbonyl (C=O) groups is 1. The highest BCUT2D eigenvalue weighted by atomic mass is 16.5. The number of rotatable bonds is 2. The molecule has 0 spiro atoms. The standard InChI is InChI=1S/C15H18N4O3/c1-10-7-19(8-11(2)22-10)15(20)17-13-5-3-4-12(6-13)14-18-16-9-21-14/h3-6,9-11H,7-8H2,1-2H3,(H,17,20). The van der Waals surface area contributed by atoms with Crippen molar-refractivity contribution in [3.8, 4) is 11.5 Å². The number of urea groups is 1. The first-order valence-corrected chi connectivity index (χ1v) is 7.20. The second-order valence-electron chi connectivity index (χ2n) is 5.42. The van der Waals surface area contributed by atoms with Crippen LogP contribution in [0.1, 0.15) is 13.8 Å². The van der Waals surface area contributed by atoms with Crippen LogP contribution < -0.4 is 5.32 Å². The molecule has 1 aromatic heterocycles. The molecule has 1 N–H and O–H groups in total. The topological polar surface area (TPSA) is 80.5 Å². The van der Waals surface area contributed by atoms with E-state index in [-0.39, 0.29) is 18.2 Å². The quantitative estimate of drug-likeness (QED) is 0.921. The number of hydrogen-bond donors (Lipinski definition) is 1. The summed E-state index contributed by atoms with van der Waals surface area (Å²) < 4.78 is 10.8. The molecule has 0 aliphatic carbocycles. The van der Waals surface area contributed by atoms with Crippen LogP contribution in [0.2, 0.25) is 0 Å². The monoisotopic (exact) mass is 302 g/mol. The van der Waals surface area contributed by atoms with E-state index in [0.29, 0.717) is 24.7 Å². The molecule has 0 radical (unpaired) electrons. The number of nitrogens with one attached hydrogen (secondary N) is 1. The predicted octanol–water partition coefficient (Wildman–Crippen LogP) is 2.38. The van der Waals surface area contributed by atoms with Gasteiger partial charge in [-0.1, -0.05) is 6.07 Å². The summed E-state index contributed by atoms with van der Waals surface area (Å²) in [4.78, 5) is 14.1. The number of amides is 2. The summed E-state index contributed by atoms with van der Waals surface area (Å²) in [6.45, 7) is 5.09. The second kappa shape index (κ2) is 6.15. The molecule has 0 bridgehead atoms. The number of nitrogens with zero attached hydrogens (tertiary/aromatic N) is 3. The molecule has 1 aliphatic heterocycles. The van der Waals surface area contributed by atoms with Crippen molar-refractivity contribution in [2.75, 3.05) is 18.4 Å². The van der Waals surface area contributed by atoms with Crippen molar-refractivity contribution in [1.29, 1.82) is 0 Å². The molecule has 1 fully saturated rings. The maximum absolute atomic E-state index is 12.4. The fourth-order valence-corrected chi connectivity index (χ4v) is 2.58. The maximum Gasteiger partial charge on any atom is 0.322 e. The molecule has 0 saturated carbocycles.